The van der Waals surface area contributed by atoms with Gasteiger partial charge in [-0.1, -0.05) is 25.2 Å². The van der Waals surface area contributed by atoms with Crippen LogP contribution in [0, 0.1) is 34.5 Å². The van der Waals surface area contributed by atoms with Crippen LogP contribution in [0.15, 0.2) is 23.8 Å². The first-order valence-electron chi connectivity index (χ1n) is 8.83. The molecule has 2 spiro atoms. The highest BCUT2D eigenvalue weighted by molar-refractivity contribution is 5.53. The van der Waals surface area contributed by atoms with Crippen LogP contribution < -0.4 is 0 Å². The molecule has 6 rings (SSSR count). The molecule has 0 aromatic rings. The van der Waals surface area contributed by atoms with Crippen LogP contribution >= 0.6 is 0 Å². The smallest absolute Gasteiger partial charge is 0.190 e. The Labute approximate surface area is 126 Å². The third kappa shape index (κ3) is 1.03. The van der Waals surface area contributed by atoms with E-state index in [9.17, 15) is 0 Å². The first kappa shape index (κ1) is 11.9. The van der Waals surface area contributed by atoms with Crippen LogP contribution in [0.4, 0.5) is 0 Å². The van der Waals surface area contributed by atoms with Gasteiger partial charge >= 0.3 is 0 Å². The molecule has 0 N–H and O–H groups in total. The highest BCUT2D eigenvalue weighted by Gasteiger charge is 2.90. The van der Waals surface area contributed by atoms with Crippen molar-refractivity contribution in [2.75, 3.05) is 13.2 Å². The maximum absolute atomic E-state index is 6.04. The molecule has 21 heavy (non-hydrogen) atoms. The minimum atomic E-state index is -0.428. The van der Waals surface area contributed by atoms with E-state index in [0.29, 0.717) is 16.7 Å². The highest BCUT2D eigenvalue weighted by atomic mass is 16.7. The Bertz CT molecular complexity index is 599. The van der Waals surface area contributed by atoms with Gasteiger partial charge in [0.1, 0.15) is 0 Å². The molecule has 6 aliphatic rings. The predicted octanol–water partition coefficient (Wildman–Crippen LogP) is 3.69. The fourth-order valence-corrected chi connectivity index (χ4v) is 7.28. The molecular weight excluding hydrogens is 260 g/mol. The van der Waals surface area contributed by atoms with Gasteiger partial charge in [0.2, 0.25) is 0 Å². The first-order chi connectivity index (χ1) is 10.1. The maximum atomic E-state index is 6.04. The van der Waals surface area contributed by atoms with Gasteiger partial charge in [0, 0.05) is 11.8 Å². The van der Waals surface area contributed by atoms with Gasteiger partial charge in [-0.15, -0.1) is 0 Å². The molecular formula is C19H24O2. The molecule has 1 aliphatic heterocycles. The zero-order valence-corrected chi connectivity index (χ0v) is 12.9. The van der Waals surface area contributed by atoms with Gasteiger partial charge in [0.05, 0.1) is 13.2 Å². The summed E-state index contributed by atoms with van der Waals surface area (Å²) in [6.45, 7) is 8.50. The average molecular weight is 284 g/mol. The van der Waals surface area contributed by atoms with E-state index in [1.807, 2.05) is 5.57 Å². The summed E-state index contributed by atoms with van der Waals surface area (Å²) in [5.74, 6) is 3.23. The van der Waals surface area contributed by atoms with E-state index in [-0.39, 0.29) is 0 Å². The number of hydrogen-bond donors (Lipinski definition) is 0. The Balaban J connectivity index is 1.45. The van der Waals surface area contributed by atoms with Crippen molar-refractivity contribution in [3.63, 3.8) is 0 Å². The number of rotatable bonds is 0. The normalized spacial score (nSPS) is 58.1. The fourth-order valence-electron chi connectivity index (χ4n) is 7.28. The van der Waals surface area contributed by atoms with Crippen LogP contribution in [0.1, 0.15) is 39.0 Å². The van der Waals surface area contributed by atoms with Gasteiger partial charge < -0.3 is 9.47 Å². The third-order valence-corrected chi connectivity index (χ3v) is 8.23. The minimum absolute atomic E-state index is 0.345. The van der Waals surface area contributed by atoms with E-state index in [4.69, 9.17) is 9.47 Å². The van der Waals surface area contributed by atoms with Gasteiger partial charge in [0.25, 0.3) is 0 Å². The predicted molar refractivity (Wildman–Crippen MR) is 79.4 cm³/mol. The molecule has 0 bridgehead atoms. The van der Waals surface area contributed by atoms with E-state index in [1.165, 1.54) is 31.3 Å². The zero-order valence-electron chi connectivity index (χ0n) is 12.9. The summed E-state index contributed by atoms with van der Waals surface area (Å²) < 4.78 is 12.1. The standard InChI is InChI=1S/C19H24O2/c1-11-13-10-14-16-12-4-3-5-15(19(12,14)16)17(13,2)6-7-18(11)20-8-9-21-18/h5,12-14,16H,1,3-4,6-10H2,2H3/t12?,13?,14?,16?,17-,19-/m0/s1. The van der Waals surface area contributed by atoms with Crippen LogP contribution in [-0.4, -0.2) is 19.0 Å². The minimum Gasteiger partial charge on any atom is -0.344 e. The lowest BCUT2D eigenvalue weighted by atomic mass is 9.51. The van der Waals surface area contributed by atoms with Gasteiger partial charge in [-0.2, -0.15) is 0 Å². The van der Waals surface area contributed by atoms with E-state index in [1.54, 1.807) is 0 Å². The lowest BCUT2D eigenvalue weighted by Gasteiger charge is -2.55. The van der Waals surface area contributed by atoms with Gasteiger partial charge in [-0.3, -0.25) is 0 Å². The molecule has 4 unspecified atom stereocenters. The SMILES string of the molecule is C=C1C2CC3C4C5CCC=C([C@]534)[C@@]2(C)CCC12OCCO2. The summed E-state index contributed by atoms with van der Waals surface area (Å²) in [5.41, 5.74) is 4.13. The number of allylic oxidation sites excluding steroid dienone is 2. The van der Waals surface area contributed by atoms with Gasteiger partial charge in [-0.25, -0.2) is 0 Å². The second kappa shape index (κ2) is 3.19. The van der Waals surface area contributed by atoms with Crippen molar-refractivity contribution in [1.82, 2.24) is 0 Å². The van der Waals surface area contributed by atoms with E-state index in [0.717, 1.165) is 37.4 Å². The molecule has 0 radical (unpaired) electrons. The number of fused-ring (bicyclic) bond motifs is 4. The largest absolute Gasteiger partial charge is 0.344 e. The molecule has 2 nitrogen and oxygen atoms in total. The van der Waals surface area contributed by atoms with Crippen molar-refractivity contribution in [1.29, 1.82) is 0 Å². The van der Waals surface area contributed by atoms with Gasteiger partial charge in [0.15, 0.2) is 5.79 Å². The molecule has 0 aromatic heterocycles. The van der Waals surface area contributed by atoms with Crippen LogP contribution in [0.25, 0.3) is 0 Å². The summed E-state index contributed by atoms with van der Waals surface area (Å²) in [4.78, 5) is 0. The van der Waals surface area contributed by atoms with Crippen molar-refractivity contribution < 1.29 is 9.47 Å². The lowest BCUT2D eigenvalue weighted by molar-refractivity contribution is -0.163. The van der Waals surface area contributed by atoms with Crippen LogP contribution in [-0.2, 0) is 9.47 Å². The molecule has 6 atom stereocenters. The molecule has 0 aromatic carbocycles. The van der Waals surface area contributed by atoms with Crippen LogP contribution in [0.2, 0.25) is 0 Å². The summed E-state index contributed by atoms with van der Waals surface area (Å²) in [6, 6.07) is 0. The van der Waals surface area contributed by atoms with Crippen molar-refractivity contribution in [2.24, 2.45) is 34.5 Å². The molecule has 2 heteroatoms. The molecule has 5 fully saturated rings. The molecule has 1 saturated heterocycles. The molecule has 4 saturated carbocycles. The first-order valence-corrected chi connectivity index (χ1v) is 8.83. The molecule has 1 heterocycles. The third-order valence-electron chi connectivity index (χ3n) is 8.23. The van der Waals surface area contributed by atoms with E-state index < -0.39 is 5.79 Å². The zero-order chi connectivity index (χ0) is 14.0. The Morgan fingerprint density at radius 3 is 2.81 bits per heavy atom. The number of hydrogen-bond acceptors (Lipinski definition) is 2. The molecule has 0 amide bonds. The summed E-state index contributed by atoms with van der Waals surface area (Å²) in [7, 11) is 0. The topological polar surface area (TPSA) is 18.5 Å². The Hall–Kier alpha value is -0.600. The maximum Gasteiger partial charge on any atom is 0.190 e. The van der Waals surface area contributed by atoms with Crippen molar-refractivity contribution >= 4 is 0 Å². The average Bonchev–Trinajstić information content (AvgIpc) is 3.27. The lowest BCUT2D eigenvalue weighted by Crippen LogP contribution is -2.51. The Morgan fingerprint density at radius 1 is 1.19 bits per heavy atom. The van der Waals surface area contributed by atoms with Crippen LogP contribution in [0.3, 0.4) is 0 Å². The summed E-state index contributed by atoms with van der Waals surface area (Å²) >= 11 is 0. The quantitative estimate of drug-likeness (QED) is 0.632. The summed E-state index contributed by atoms with van der Waals surface area (Å²) in [5, 5.41) is 0. The monoisotopic (exact) mass is 284 g/mol. The Morgan fingerprint density at radius 2 is 2.00 bits per heavy atom. The van der Waals surface area contributed by atoms with Crippen molar-refractivity contribution in [3.05, 3.63) is 23.8 Å². The van der Waals surface area contributed by atoms with Crippen molar-refractivity contribution in [3.8, 4) is 0 Å². The van der Waals surface area contributed by atoms with Crippen molar-refractivity contribution in [2.45, 2.75) is 44.8 Å². The van der Waals surface area contributed by atoms with E-state index in [2.05, 4.69) is 19.6 Å². The summed E-state index contributed by atoms with van der Waals surface area (Å²) in [6.07, 6.45) is 8.98. The van der Waals surface area contributed by atoms with E-state index >= 15 is 0 Å². The second-order valence-corrected chi connectivity index (χ2v) is 8.55. The molecule has 112 valence electrons. The fraction of sp³-hybridized carbons (Fsp3) is 0.789. The number of ether oxygens (including phenoxy) is 2. The molecule has 5 aliphatic carbocycles. The Kier molecular flexibility index (Phi) is 1.81. The van der Waals surface area contributed by atoms with Crippen LogP contribution in [0.5, 0.6) is 0 Å². The highest BCUT2D eigenvalue weighted by Crippen LogP contribution is 2.95. The second-order valence-electron chi connectivity index (χ2n) is 8.55. The van der Waals surface area contributed by atoms with Gasteiger partial charge in [-0.05, 0) is 60.3 Å².